The minimum Gasteiger partial charge on any atom is -0.396 e. The van der Waals surface area contributed by atoms with E-state index >= 15 is 0 Å². The van der Waals surface area contributed by atoms with Crippen LogP contribution in [-0.2, 0) is 11.2 Å². The first-order valence-corrected chi connectivity index (χ1v) is 7.08. The lowest BCUT2D eigenvalue weighted by molar-refractivity contribution is -0.133. The number of pyridine rings is 1. The zero-order chi connectivity index (χ0) is 13.5. The molecular weight excluding hydrogens is 240 g/mol. The lowest BCUT2D eigenvalue weighted by atomic mass is 9.95. The summed E-state index contributed by atoms with van der Waals surface area (Å²) in [5.74, 6) is 0.686. The number of piperidine rings is 1. The first kappa shape index (κ1) is 14.0. The Hall–Kier alpha value is -1.42. The maximum atomic E-state index is 12.2. The van der Waals surface area contributed by atoms with E-state index in [1.807, 2.05) is 23.1 Å². The third-order valence-electron chi connectivity index (χ3n) is 3.73. The molecule has 104 valence electrons. The average molecular weight is 262 g/mol. The van der Waals surface area contributed by atoms with E-state index < -0.39 is 0 Å². The fourth-order valence-electron chi connectivity index (χ4n) is 2.65. The standard InChI is InChI=1S/C15H22N2O2/c18-11-8-13-4-3-10-17(12-13)15(19)7-6-14-5-1-2-9-16-14/h1-2,5,9,13,18H,3-4,6-8,10-12H2. The van der Waals surface area contributed by atoms with Gasteiger partial charge in [0.1, 0.15) is 0 Å². The van der Waals surface area contributed by atoms with Gasteiger partial charge in [0.2, 0.25) is 5.91 Å². The Labute approximate surface area is 114 Å². The van der Waals surface area contributed by atoms with Crippen molar-refractivity contribution in [2.75, 3.05) is 19.7 Å². The zero-order valence-electron chi connectivity index (χ0n) is 11.3. The maximum Gasteiger partial charge on any atom is 0.222 e. The molecule has 1 N–H and O–H groups in total. The topological polar surface area (TPSA) is 53.4 Å². The number of likely N-dealkylation sites (tertiary alicyclic amines) is 1. The molecule has 0 bridgehead atoms. The second kappa shape index (κ2) is 7.24. The molecule has 0 radical (unpaired) electrons. The van der Waals surface area contributed by atoms with Gasteiger partial charge in [0.25, 0.3) is 0 Å². The molecule has 1 aromatic rings. The number of aliphatic hydroxyl groups excluding tert-OH is 1. The Morgan fingerprint density at radius 3 is 3.11 bits per heavy atom. The van der Waals surface area contributed by atoms with Gasteiger partial charge in [-0.2, -0.15) is 0 Å². The average Bonchev–Trinajstić information content (AvgIpc) is 2.46. The molecule has 1 aromatic heterocycles. The summed E-state index contributed by atoms with van der Waals surface area (Å²) >= 11 is 0. The summed E-state index contributed by atoms with van der Waals surface area (Å²) < 4.78 is 0. The number of nitrogens with zero attached hydrogens (tertiary/aromatic N) is 2. The van der Waals surface area contributed by atoms with Crippen molar-refractivity contribution in [1.82, 2.24) is 9.88 Å². The predicted octanol–water partition coefficient (Wildman–Crippen LogP) is 1.64. The molecule has 4 nitrogen and oxygen atoms in total. The SMILES string of the molecule is O=C(CCc1ccccn1)N1CCCC(CCO)C1. The quantitative estimate of drug-likeness (QED) is 0.877. The number of aliphatic hydroxyl groups is 1. The fraction of sp³-hybridized carbons (Fsp3) is 0.600. The van der Waals surface area contributed by atoms with Gasteiger partial charge >= 0.3 is 0 Å². The molecular formula is C15H22N2O2. The molecule has 1 fully saturated rings. The van der Waals surface area contributed by atoms with Gasteiger partial charge in [0.05, 0.1) is 0 Å². The monoisotopic (exact) mass is 262 g/mol. The molecule has 4 heteroatoms. The van der Waals surface area contributed by atoms with Crippen LogP contribution in [0.1, 0.15) is 31.4 Å². The van der Waals surface area contributed by atoms with Crippen LogP contribution in [0, 0.1) is 5.92 Å². The van der Waals surface area contributed by atoms with Crippen molar-refractivity contribution < 1.29 is 9.90 Å². The minimum absolute atomic E-state index is 0.216. The van der Waals surface area contributed by atoms with Crippen molar-refractivity contribution in [2.24, 2.45) is 5.92 Å². The summed E-state index contributed by atoms with van der Waals surface area (Å²) in [6.45, 7) is 1.89. The summed E-state index contributed by atoms with van der Waals surface area (Å²) in [5.41, 5.74) is 0.972. The molecule has 0 saturated carbocycles. The molecule has 0 aromatic carbocycles. The van der Waals surface area contributed by atoms with E-state index in [9.17, 15) is 4.79 Å². The van der Waals surface area contributed by atoms with E-state index in [4.69, 9.17) is 5.11 Å². The van der Waals surface area contributed by atoms with Crippen molar-refractivity contribution in [1.29, 1.82) is 0 Å². The summed E-state index contributed by atoms with van der Waals surface area (Å²) in [6, 6.07) is 5.79. The van der Waals surface area contributed by atoms with Crippen molar-refractivity contribution >= 4 is 5.91 Å². The Kier molecular flexibility index (Phi) is 5.33. The van der Waals surface area contributed by atoms with Crippen LogP contribution in [-0.4, -0.2) is 40.6 Å². The third kappa shape index (κ3) is 4.31. The molecule has 1 saturated heterocycles. The number of aromatic nitrogens is 1. The molecule has 1 atom stereocenters. The van der Waals surface area contributed by atoms with Gasteiger partial charge in [0.15, 0.2) is 0 Å². The number of carbonyl (C=O) groups excluding carboxylic acids is 1. The minimum atomic E-state index is 0.216. The van der Waals surface area contributed by atoms with Crippen LogP contribution in [0.3, 0.4) is 0 Å². The van der Waals surface area contributed by atoms with Crippen LogP contribution < -0.4 is 0 Å². The Morgan fingerprint density at radius 1 is 1.47 bits per heavy atom. The van der Waals surface area contributed by atoms with Crippen LogP contribution in [0.15, 0.2) is 24.4 Å². The van der Waals surface area contributed by atoms with Gasteiger partial charge in [-0.25, -0.2) is 0 Å². The smallest absolute Gasteiger partial charge is 0.222 e. The van der Waals surface area contributed by atoms with E-state index in [2.05, 4.69) is 4.98 Å². The normalized spacial score (nSPS) is 19.4. The van der Waals surface area contributed by atoms with Gasteiger partial charge in [0, 0.05) is 38.0 Å². The maximum absolute atomic E-state index is 12.2. The van der Waals surface area contributed by atoms with E-state index in [-0.39, 0.29) is 12.5 Å². The van der Waals surface area contributed by atoms with Gasteiger partial charge in [-0.1, -0.05) is 6.07 Å². The number of amides is 1. The number of carbonyl (C=O) groups is 1. The van der Waals surface area contributed by atoms with Crippen molar-refractivity contribution in [3.63, 3.8) is 0 Å². The molecule has 2 heterocycles. The highest BCUT2D eigenvalue weighted by atomic mass is 16.3. The first-order valence-electron chi connectivity index (χ1n) is 7.08. The first-order chi connectivity index (χ1) is 9.29. The molecule has 1 unspecified atom stereocenters. The Balaban J connectivity index is 1.79. The highest BCUT2D eigenvalue weighted by Crippen LogP contribution is 2.20. The Bertz CT molecular complexity index is 392. The summed E-state index contributed by atoms with van der Waals surface area (Å²) in [7, 11) is 0. The molecule has 0 aliphatic carbocycles. The second-order valence-electron chi connectivity index (χ2n) is 5.18. The number of hydrogen-bond donors (Lipinski definition) is 1. The van der Waals surface area contributed by atoms with Crippen LogP contribution in [0.2, 0.25) is 0 Å². The van der Waals surface area contributed by atoms with E-state index in [0.717, 1.165) is 38.0 Å². The molecule has 2 rings (SSSR count). The van der Waals surface area contributed by atoms with E-state index in [1.54, 1.807) is 6.20 Å². The highest BCUT2D eigenvalue weighted by Gasteiger charge is 2.22. The third-order valence-corrected chi connectivity index (χ3v) is 3.73. The summed E-state index contributed by atoms with van der Waals surface area (Å²) in [4.78, 5) is 18.3. The lowest BCUT2D eigenvalue weighted by Gasteiger charge is -2.32. The lowest BCUT2D eigenvalue weighted by Crippen LogP contribution is -2.40. The van der Waals surface area contributed by atoms with Crippen LogP contribution in [0.5, 0.6) is 0 Å². The number of aryl methyl sites for hydroxylation is 1. The van der Waals surface area contributed by atoms with Gasteiger partial charge in [-0.05, 0) is 43.7 Å². The van der Waals surface area contributed by atoms with Gasteiger partial charge in [-0.3, -0.25) is 9.78 Å². The van der Waals surface area contributed by atoms with E-state index in [0.29, 0.717) is 18.8 Å². The van der Waals surface area contributed by atoms with Crippen molar-refractivity contribution in [3.8, 4) is 0 Å². The molecule has 1 aliphatic rings. The predicted molar refractivity (Wildman–Crippen MR) is 73.6 cm³/mol. The highest BCUT2D eigenvalue weighted by molar-refractivity contribution is 5.76. The zero-order valence-corrected chi connectivity index (χ0v) is 11.3. The largest absolute Gasteiger partial charge is 0.396 e. The van der Waals surface area contributed by atoms with Crippen molar-refractivity contribution in [2.45, 2.75) is 32.1 Å². The number of hydrogen-bond acceptors (Lipinski definition) is 3. The van der Waals surface area contributed by atoms with Gasteiger partial charge in [-0.15, -0.1) is 0 Å². The van der Waals surface area contributed by atoms with Gasteiger partial charge < -0.3 is 10.0 Å². The molecule has 1 amide bonds. The Morgan fingerprint density at radius 2 is 2.37 bits per heavy atom. The van der Waals surface area contributed by atoms with Crippen molar-refractivity contribution in [3.05, 3.63) is 30.1 Å². The van der Waals surface area contributed by atoms with Crippen LogP contribution >= 0.6 is 0 Å². The summed E-state index contributed by atoms with van der Waals surface area (Å²) in [5, 5.41) is 8.98. The fourth-order valence-corrected chi connectivity index (χ4v) is 2.65. The number of rotatable bonds is 5. The molecule has 1 aliphatic heterocycles. The molecule has 0 spiro atoms. The van der Waals surface area contributed by atoms with Crippen LogP contribution in [0.4, 0.5) is 0 Å². The summed E-state index contributed by atoms with van der Waals surface area (Å²) in [6.07, 6.45) is 6.00. The van der Waals surface area contributed by atoms with E-state index in [1.165, 1.54) is 0 Å². The second-order valence-corrected chi connectivity index (χ2v) is 5.18. The molecule has 19 heavy (non-hydrogen) atoms. The van der Waals surface area contributed by atoms with Crippen LogP contribution in [0.25, 0.3) is 0 Å².